The van der Waals surface area contributed by atoms with E-state index in [1.54, 1.807) is 23.6 Å². The Hall–Kier alpha value is -3.66. The van der Waals surface area contributed by atoms with Gasteiger partial charge < -0.3 is 21.4 Å². The van der Waals surface area contributed by atoms with Crippen molar-refractivity contribution in [3.8, 4) is 10.6 Å². The van der Waals surface area contributed by atoms with Crippen LogP contribution in [0, 0.1) is 12.8 Å². The lowest BCUT2D eigenvalue weighted by Crippen LogP contribution is -2.27. The van der Waals surface area contributed by atoms with Crippen LogP contribution in [0.15, 0.2) is 48.8 Å². The van der Waals surface area contributed by atoms with Crippen molar-refractivity contribution in [1.82, 2.24) is 29.9 Å². The van der Waals surface area contributed by atoms with E-state index >= 15 is 0 Å². The smallest absolute Gasteiger partial charge is 0.253 e. The number of rotatable bonds is 7. The number of hydrogen-bond acceptors (Lipinski definition) is 7. The molecule has 32 heavy (non-hydrogen) atoms. The zero-order chi connectivity index (χ0) is 22.8. The second kappa shape index (κ2) is 8.83. The predicted octanol–water partition coefficient (Wildman–Crippen LogP) is 3.85. The molecule has 0 radical (unpaired) electrons. The predicted molar refractivity (Wildman–Crippen MR) is 126 cm³/mol. The van der Waals surface area contributed by atoms with Gasteiger partial charge in [-0.25, -0.2) is 4.98 Å². The lowest BCUT2D eigenvalue weighted by atomic mass is 10.1. The molecule has 0 aromatic carbocycles. The van der Waals surface area contributed by atoms with Crippen LogP contribution in [0.4, 0.5) is 5.69 Å². The van der Waals surface area contributed by atoms with E-state index in [0.717, 1.165) is 16.3 Å². The van der Waals surface area contributed by atoms with Crippen LogP contribution in [0.25, 0.3) is 16.2 Å². The fraction of sp³-hybridized carbons (Fsp3) is 0.273. The number of H-pyrrole nitrogens is 1. The van der Waals surface area contributed by atoms with Crippen molar-refractivity contribution in [2.75, 3.05) is 5.32 Å². The van der Waals surface area contributed by atoms with E-state index < -0.39 is 0 Å². The van der Waals surface area contributed by atoms with Crippen molar-refractivity contribution in [3.05, 3.63) is 65.1 Å². The highest BCUT2D eigenvalue weighted by molar-refractivity contribution is 7.15. The Morgan fingerprint density at radius 1 is 1.31 bits per heavy atom. The number of aromatic nitrogens is 5. The van der Waals surface area contributed by atoms with Crippen molar-refractivity contribution >= 4 is 28.6 Å². The van der Waals surface area contributed by atoms with Gasteiger partial charge in [0.1, 0.15) is 6.33 Å². The standard InChI is InChI=1S/C22H26N8OS/c1-12(2)17(8-23)28-16-7-15(22(31)27-14(4)20-25-11-26-29-20)10-30-18(9-24-21(16)30)19-6-5-13(3)32-19/h5-12,14,28H,23H2,1-4H3,(H,27,31)(H,25,26,29)/b17-8-/t14-/m0/s1. The van der Waals surface area contributed by atoms with Gasteiger partial charge >= 0.3 is 0 Å². The summed E-state index contributed by atoms with van der Waals surface area (Å²) >= 11 is 1.68. The minimum atomic E-state index is -0.325. The Kier molecular flexibility index (Phi) is 5.95. The first-order chi connectivity index (χ1) is 15.4. The average molecular weight is 451 g/mol. The third-order valence-corrected chi connectivity index (χ3v) is 6.16. The molecule has 0 fully saturated rings. The molecular weight excluding hydrogens is 424 g/mol. The number of allylic oxidation sites excluding steroid dienone is 1. The van der Waals surface area contributed by atoms with Gasteiger partial charge in [0.25, 0.3) is 5.91 Å². The summed E-state index contributed by atoms with van der Waals surface area (Å²) in [5.74, 6) is 0.533. The van der Waals surface area contributed by atoms with E-state index in [-0.39, 0.29) is 17.9 Å². The minimum Gasteiger partial charge on any atom is -0.403 e. The highest BCUT2D eigenvalue weighted by atomic mass is 32.1. The van der Waals surface area contributed by atoms with Crippen molar-refractivity contribution in [1.29, 1.82) is 0 Å². The van der Waals surface area contributed by atoms with Gasteiger partial charge in [0.05, 0.1) is 34.1 Å². The molecule has 5 N–H and O–H groups in total. The first-order valence-electron chi connectivity index (χ1n) is 10.3. The summed E-state index contributed by atoms with van der Waals surface area (Å²) in [5, 5.41) is 14.1. The highest BCUT2D eigenvalue weighted by Crippen LogP contribution is 2.31. The van der Waals surface area contributed by atoms with Gasteiger partial charge in [-0.15, -0.1) is 21.5 Å². The normalized spacial score (nSPS) is 13.0. The summed E-state index contributed by atoms with van der Waals surface area (Å²) in [5.41, 5.74) is 9.50. The minimum absolute atomic E-state index is 0.179. The summed E-state index contributed by atoms with van der Waals surface area (Å²) in [6, 6.07) is 5.60. The van der Waals surface area contributed by atoms with Crippen LogP contribution in [-0.2, 0) is 0 Å². The second-order valence-corrected chi connectivity index (χ2v) is 9.15. The van der Waals surface area contributed by atoms with Crippen LogP contribution in [0.1, 0.15) is 47.9 Å². The Balaban J connectivity index is 1.78. The molecule has 4 aromatic heterocycles. The summed E-state index contributed by atoms with van der Waals surface area (Å²) in [6.07, 6.45) is 6.67. The van der Waals surface area contributed by atoms with E-state index in [9.17, 15) is 4.79 Å². The van der Waals surface area contributed by atoms with Gasteiger partial charge in [0.2, 0.25) is 0 Å². The quantitative estimate of drug-likeness (QED) is 0.339. The van der Waals surface area contributed by atoms with Crippen LogP contribution in [0.2, 0.25) is 0 Å². The Labute approximate surface area is 189 Å². The monoisotopic (exact) mass is 450 g/mol. The molecule has 4 aromatic rings. The molecular formula is C22H26N8OS. The van der Waals surface area contributed by atoms with Gasteiger partial charge in [0, 0.05) is 23.0 Å². The average Bonchev–Trinajstić information content (AvgIpc) is 3.51. The Bertz CT molecular complexity index is 1270. The maximum atomic E-state index is 13.1. The maximum absolute atomic E-state index is 13.1. The Morgan fingerprint density at radius 3 is 2.75 bits per heavy atom. The number of fused-ring (bicyclic) bond motifs is 1. The fourth-order valence-electron chi connectivity index (χ4n) is 3.37. The van der Waals surface area contributed by atoms with Gasteiger partial charge in [-0.3, -0.25) is 9.20 Å². The van der Waals surface area contributed by atoms with Gasteiger partial charge in [0.15, 0.2) is 11.5 Å². The molecule has 0 aliphatic heterocycles. The number of nitrogens with zero attached hydrogens (tertiary/aromatic N) is 4. The molecule has 0 saturated heterocycles. The summed E-state index contributed by atoms with van der Waals surface area (Å²) in [6.45, 7) is 8.00. The SMILES string of the molecule is Cc1ccc(-c2cnc3c(N/C(=C\N)C(C)C)cc(C(=O)N[C@@H](C)c4nnc[nH]4)cn23)s1. The van der Waals surface area contributed by atoms with E-state index in [2.05, 4.69) is 49.9 Å². The Morgan fingerprint density at radius 2 is 2.12 bits per heavy atom. The number of thiophene rings is 1. The number of carbonyl (C=O) groups excluding carboxylic acids is 1. The van der Waals surface area contributed by atoms with Crippen molar-refractivity contribution in [3.63, 3.8) is 0 Å². The number of carbonyl (C=O) groups is 1. The summed E-state index contributed by atoms with van der Waals surface area (Å²) < 4.78 is 1.94. The molecule has 9 nitrogen and oxygen atoms in total. The second-order valence-electron chi connectivity index (χ2n) is 7.86. The lowest BCUT2D eigenvalue weighted by molar-refractivity contribution is 0.0938. The number of nitrogens with two attached hydrogens (primary N) is 1. The number of aromatic amines is 1. The number of anilines is 1. The van der Waals surface area contributed by atoms with E-state index in [1.165, 1.54) is 11.2 Å². The molecule has 166 valence electrons. The molecule has 4 rings (SSSR count). The number of hydrogen-bond donors (Lipinski definition) is 4. The van der Waals surface area contributed by atoms with Crippen molar-refractivity contribution in [2.45, 2.75) is 33.7 Å². The zero-order valence-corrected chi connectivity index (χ0v) is 19.2. The first-order valence-corrected chi connectivity index (χ1v) is 11.1. The molecule has 1 atom stereocenters. The third-order valence-electron chi connectivity index (χ3n) is 5.13. The summed E-state index contributed by atoms with van der Waals surface area (Å²) in [7, 11) is 0. The summed E-state index contributed by atoms with van der Waals surface area (Å²) in [4.78, 5) is 23.0. The molecule has 0 aliphatic carbocycles. The number of imidazole rings is 1. The molecule has 1 amide bonds. The van der Waals surface area contributed by atoms with E-state index in [0.29, 0.717) is 22.7 Å². The fourth-order valence-corrected chi connectivity index (χ4v) is 4.24. The number of amides is 1. The largest absolute Gasteiger partial charge is 0.403 e. The molecule has 0 unspecified atom stereocenters. The topological polar surface area (TPSA) is 126 Å². The van der Waals surface area contributed by atoms with Crippen LogP contribution >= 0.6 is 11.3 Å². The highest BCUT2D eigenvalue weighted by Gasteiger charge is 2.19. The van der Waals surface area contributed by atoms with Crippen molar-refractivity contribution in [2.24, 2.45) is 11.7 Å². The number of nitrogens with one attached hydrogen (secondary N) is 3. The lowest BCUT2D eigenvalue weighted by Gasteiger charge is -2.17. The van der Waals surface area contributed by atoms with Crippen LogP contribution < -0.4 is 16.4 Å². The zero-order valence-electron chi connectivity index (χ0n) is 18.4. The molecule has 4 heterocycles. The van der Waals surface area contributed by atoms with Crippen LogP contribution in [0.3, 0.4) is 0 Å². The molecule has 0 aliphatic rings. The van der Waals surface area contributed by atoms with E-state index in [1.807, 2.05) is 37.6 Å². The molecule has 10 heteroatoms. The molecule has 0 bridgehead atoms. The number of pyridine rings is 1. The molecule has 0 saturated carbocycles. The maximum Gasteiger partial charge on any atom is 0.253 e. The van der Waals surface area contributed by atoms with Gasteiger partial charge in [-0.2, -0.15) is 0 Å². The van der Waals surface area contributed by atoms with Gasteiger partial charge in [-0.05, 0) is 38.0 Å². The molecule has 0 spiro atoms. The van der Waals surface area contributed by atoms with Gasteiger partial charge in [-0.1, -0.05) is 13.8 Å². The van der Waals surface area contributed by atoms with Crippen molar-refractivity contribution < 1.29 is 4.79 Å². The number of aryl methyl sites for hydroxylation is 1. The van der Waals surface area contributed by atoms with E-state index in [4.69, 9.17) is 5.73 Å². The van der Waals surface area contributed by atoms with Crippen LogP contribution in [0.5, 0.6) is 0 Å². The third kappa shape index (κ3) is 4.22. The van der Waals surface area contributed by atoms with Crippen LogP contribution in [-0.4, -0.2) is 30.5 Å². The first kappa shape index (κ1) is 21.6.